The molecule has 3 aliphatic rings. The molecular formula is C11H20N2O3. The zero-order valence-electron chi connectivity index (χ0n) is 9.89. The lowest BCUT2D eigenvalue weighted by atomic mass is 9.91. The summed E-state index contributed by atoms with van der Waals surface area (Å²) in [5, 5.41) is 23.5. The molecule has 4 atom stereocenters. The maximum atomic E-state index is 10.3. The fourth-order valence-electron chi connectivity index (χ4n) is 3.66. The minimum atomic E-state index is -1.15. The van der Waals surface area contributed by atoms with Crippen LogP contribution in [0.2, 0.25) is 0 Å². The summed E-state index contributed by atoms with van der Waals surface area (Å²) in [6.45, 7) is 3.59. The van der Waals surface area contributed by atoms with Gasteiger partial charge in [0.15, 0.2) is 5.79 Å². The fourth-order valence-corrected chi connectivity index (χ4v) is 3.66. The SMILES string of the molecule is C[C@]12C[C@](C)(O)ON1[C@H]1CCCC[C@H]1N2O. The smallest absolute Gasteiger partial charge is 0.185 e. The van der Waals surface area contributed by atoms with Gasteiger partial charge in [0.25, 0.3) is 0 Å². The Morgan fingerprint density at radius 2 is 1.81 bits per heavy atom. The Bertz CT molecular complexity index is 310. The zero-order valence-corrected chi connectivity index (χ0v) is 9.89. The third kappa shape index (κ3) is 1.29. The van der Waals surface area contributed by atoms with Crippen LogP contribution in [-0.4, -0.2) is 44.0 Å². The average molecular weight is 228 g/mol. The van der Waals surface area contributed by atoms with Gasteiger partial charge in [-0.25, -0.2) is 0 Å². The molecule has 0 bridgehead atoms. The van der Waals surface area contributed by atoms with Gasteiger partial charge in [-0.3, -0.25) is 4.84 Å². The van der Waals surface area contributed by atoms with Gasteiger partial charge in [0, 0.05) is 6.42 Å². The van der Waals surface area contributed by atoms with Crippen molar-refractivity contribution < 1.29 is 15.2 Å². The molecule has 5 nitrogen and oxygen atoms in total. The molecule has 92 valence electrons. The molecule has 1 aliphatic carbocycles. The van der Waals surface area contributed by atoms with Crippen molar-refractivity contribution in [2.75, 3.05) is 0 Å². The Morgan fingerprint density at radius 1 is 1.19 bits per heavy atom. The summed E-state index contributed by atoms with van der Waals surface area (Å²) >= 11 is 0. The second-order valence-electron chi connectivity index (χ2n) is 5.75. The van der Waals surface area contributed by atoms with Crippen molar-refractivity contribution in [2.24, 2.45) is 0 Å². The van der Waals surface area contributed by atoms with E-state index in [1.807, 2.05) is 12.0 Å². The van der Waals surface area contributed by atoms with E-state index < -0.39 is 11.4 Å². The van der Waals surface area contributed by atoms with Crippen molar-refractivity contribution in [2.45, 2.75) is 69.5 Å². The van der Waals surface area contributed by atoms with Crippen molar-refractivity contribution in [3.8, 4) is 0 Å². The first-order chi connectivity index (χ1) is 7.44. The number of hydroxylamine groups is 4. The summed E-state index contributed by atoms with van der Waals surface area (Å²) in [4.78, 5) is 5.60. The molecule has 0 spiro atoms. The van der Waals surface area contributed by atoms with Gasteiger partial charge in [-0.15, -0.1) is 0 Å². The number of aliphatic hydroxyl groups is 1. The third-order valence-corrected chi connectivity index (χ3v) is 4.24. The maximum absolute atomic E-state index is 10.3. The topological polar surface area (TPSA) is 56.2 Å². The van der Waals surface area contributed by atoms with E-state index in [1.165, 1.54) is 17.9 Å². The summed E-state index contributed by atoms with van der Waals surface area (Å²) in [7, 11) is 0. The van der Waals surface area contributed by atoms with Crippen LogP contribution in [-0.2, 0) is 4.84 Å². The lowest BCUT2D eigenvalue weighted by Crippen LogP contribution is -2.47. The van der Waals surface area contributed by atoms with Crippen LogP contribution in [0.4, 0.5) is 0 Å². The van der Waals surface area contributed by atoms with Gasteiger partial charge in [-0.2, -0.15) is 10.1 Å². The predicted molar refractivity (Wildman–Crippen MR) is 56.2 cm³/mol. The van der Waals surface area contributed by atoms with Crippen molar-refractivity contribution in [3.63, 3.8) is 0 Å². The molecular weight excluding hydrogens is 208 g/mol. The highest BCUT2D eigenvalue weighted by molar-refractivity contribution is 5.04. The summed E-state index contributed by atoms with van der Waals surface area (Å²) in [6, 6.07) is 0.382. The number of nitrogens with zero attached hydrogens (tertiary/aromatic N) is 2. The first kappa shape index (κ1) is 10.9. The number of hydrogen-bond donors (Lipinski definition) is 2. The highest BCUT2D eigenvalue weighted by Crippen LogP contribution is 2.49. The van der Waals surface area contributed by atoms with Crippen LogP contribution in [0.3, 0.4) is 0 Å². The highest BCUT2D eigenvalue weighted by atomic mass is 16.8. The Balaban J connectivity index is 1.93. The molecule has 0 unspecified atom stereocenters. The van der Waals surface area contributed by atoms with Crippen molar-refractivity contribution in [1.29, 1.82) is 0 Å². The molecule has 1 saturated carbocycles. The monoisotopic (exact) mass is 228 g/mol. The van der Waals surface area contributed by atoms with Crippen molar-refractivity contribution in [3.05, 3.63) is 0 Å². The fraction of sp³-hybridized carbons (Fsp3) is 1.00. The van der Waals surface area contributed by atoms with Gasteiger partial charge in [0.1, 0.15) is 5.66 Å². The van der Waals surface area contributed by atoms with Gasteiger partial charge in [0.2, 0.25) is 0 Å². The van der Waals surface area contributed by atoms with Crippen LogP contribution in [0.1, 0.15) is 46.0 Å². The molecule has 3 fully saturated rings. The van der Waals surface area contributed by atoms with Crippen LogP contribution in [0.5, 0.6) is 0 Å². The number of hydrogen-bond acceptors (Lipinski definition) is 5. The van der Waals surface area contributed by atoms with Crippen LogP contribution in [0, 0.1) is 0 Å². The largest absolute Gasteiger partial charge is 0.364 e. The first-order valence-corrected chi connectivity index (χ1v) is 6.13. The molecule has 0 amide bonds. The minimum Gasteiger partial charge on any atom is -0.364 e. The lowest BCUT2D eigenvalue weighted by molar-refractivity contribution is -0.300. The maximum Gasteiger partial charge on any atom is 0.185 e. The molecule has 2 saturated heterocycles. The van der Waals surface area contributed by atoms with E-state index in [0.29, 0.717) is 6.42 Å². The molecule has 0 aromatic carbocycles. The Hall–Kier alpha value is -0.200. The van der Waals surface area contributed by atoms with E-state index in [2.05, 4.69) is 0 Å². The van der Waals surface area contributed by atoms with Gasteiger partial charge >= 0.3 is 0 Å². The average Bonchev–Trinajstić information content (AvgIpc) is 2.57. The first-order valence-electron chi connectivity index (χ1n) is 6.13. The van der Waals surface area contributed by atoms with E-state index in [-0.39, 0.29) is 12.1 Å². The molecule has 16 heavy (non-hydrogen) atoms. The zero-order chi connectivity index (χ0) is 11.6. The summed E-state index contributed by atoms with van der Waals surface area (Å²) in [6.07, 6.45) is 4.81. The van der Waals surface area contributed by atoms with E-state index in [4.69, 9.17) is 4.84 Å². The molecule has 5 heteroatoms. The minimum absolute atomic E-state index is 0.162. The van der Waals surface area contributed by atoms with E-state index in [0.717, 1.165) is 12.8 Å². The Labute approximate surface area is 95.5 Å². The summed E-state index contributed by atoms with van der Waals surface area (Å²) in [5.74, 6) is -1.15. The van der Waals surface area contributed by atoms with E-state index in [9.17, 15) is 10.3 Å². The molecule has 2 heterocycles. The van der Waals surface area contributed by atoms with Crippen LogP contribution in [0.15, 0.2) is 0 Å². The number of rotatable bonds is 0. The molecule has 0 aromatic heterocycles. The van der Waals surface area contributed by atoms with Crippen LogP contribution < -0.4 is 0 Å². The van der Waals surface area contributed by atoms with E-state index >= 15 is 0 Å². The predicted octanol–water partition coefficient (Wildman–Crippen LogP) is 1.06. The van der Waals surface area contributed by atoms with Gasteiger partial charge < -0.3 is 10.3 Å². The normalized spacial score (nSPS) is 54.0. The second-order valence-corrected chi connectivity index (χ2v) is 5.75. The second kappa shape index (κ2) is 3.17. The lowest BCUT2D eigenvalue weighted by Gasteiger charge is -2.32. The molecule has 0 radical (unpaired) electrons. The molecule has 2 aliphatic heterocycles. The Kier molecular flexibility index (Phi) is 2.17. The standard InChI is InChI=1S/C11H20N2O3/c1-10-7-11(2,14)16-13(10)9-6-4-3-5-8(9)12(10)15/h8-9,14-15H,3-7H2,1-2H3/t8-,9+,10-,11-/m1/s1. The van der Waals surface area contributed by atoms with Crippen molar-refractivity contribution in [1.82, 2.24) is 10.1 Å². The van der Waals surface area contributed by atoms with Crippen LogP contribution in [0.25, 0.3) is 0 Å². The van der Waals surface area contributed by atoms with E-state index in [1.54, 1.807) is 6.92 Å². The number of fused-ring (bicyclic) bond motifs is 3. The summed E-state index contributed by atoms with van der Waals surface area (Å²) in [5.41, 5.74) is -0.566. The molecule has 0 aromatic rings. The highest BCUT2D eigenvalue weighted by Gasteiger charge is 2.63. The van der Waals surface area contributed by atoms with Crippen LogP contribution >= 0.6 is 0 Å². The van der Waals surface area contributed by atoms with Gasteiger partial charge in [-0.05, 0) is 26.7 Å². The quantitative estimate of drug-likeness (QED) is 0.649. The summed E-state index contributed by atoms with van der Waals surface area (Å²) < 4.78 is 0. The van der Waals surface area contributed by atoms with Crippen molar-refractivity contribution >= 4 is 0 Å². The van der Waals surface area contributed by atoms with Gasteiger partial charge in [-0.1, -0.05) is 12.8 Å². The molecule has 2 N–H and O–H groups in total. The molecule has 3 rings (SSSR count). The third-order valence-electron chi connectivity index (χ3n) is 4.24. The Morgan fingerprint density at radius 3 is 2.50 bits per heavy atom. The van der Waals surface area contributed by atoms with Gasteiger partial charge in [0.05, 0.1) is 12.1 Å².